The van der Waals surface area contributed by atoms with Gasteiger partial charge in [0.1, 0.15) is 13.2 Å². The van der Waals surface area contributed by atoms with Crippen molar-refractivity contribution in [3.05, 3.63) is 99.4 Å². The Kier molecular flexibility index (Phi) is 8.99. The molecule has 2 aromatic carbocycles. The van der Waals surface area contributed by atoms with Crippen LogP contribution in [0.4, 0.5) is 0 Å². The number of rotatable bonds is 9. The van der Waals surface area contributed by atoms with Gasteiger partial charge in [-0.25, -0.2) is 9.59 Å². The van der Waals surface area contributed by atoms with Gasteiger partial charge in [0.05, 0.1) is 35.3 Å². The van der Waals surface area contributed by atoms with Crippen LogP contribution in [0.2, 0.25) is 5.02 Å². The minimum Gasteiger partial charge on any atom is -0.461 e. The fraction of sp³-hybridized carbons (Fsp3) is 0.185. The van der Waals surface area contributed by atoms with Gasteiger partial charge < -0.3 is 14.8 Å². The number of ether oxygens (including phenoxy) is 2. The molecule has 1 unspecified atom stereocenters. The summed E-state index contributed by atoms with van der Waals surface area (Å²) in [6, 6.07) is 18.0. The number of halogens is 1. The van der Waals surface area contributed by atoms with Crippen molar-refractivity contribution in [2.75, 3.05) is 13.2 Å². The summed E-state index contributed by atoms with van der Waals surface area (Å²) in [6.07, 6.45) is 4.01. The Balaban J connectivity index is 1.94. The maximum atomic E-state index is 13.2. The summed E-state index contributed by atoms with van der Waals surface area (Å²) in [5.41, 5.74) is 1.87. The van der Waals surface area contributed by atoms with Crippen molar-refractivity contribution in [2.45, 2.75) is 19.3 Å². The molecule has 1 heterocycles. The first kappa shape index (κ1) is 25.5. The number of carbonyl (C=O) groups is 3. The molecule has 1 aliphatic rings. The molecule has 0 saturated heterocycles. The lowest BCUT2D eigenvalue weighted by Crippen LogP contribution is -2.34. The molecule has 0 amide bonds. The molecule has 1 atom stereocenters. The van der Waals surface area contributed by atoms with E-state index in [1.54, 1.807) is 43.3 Å². The topological polar surface area (TPSA) is 105 Å². The van der Waals surface area contributed by atoms with Crippen LogP contribution in [0.3, 0.4) is 0 Å². The van der Waals surface area contributed by atoms with Crippen LogP contribution >= 0.6 is 11.6 Å². The first-order valence-corrected chi connectivity index (χ1v) is 11.2. The molecule has 1 N–H and O–H groups in total. The highest BCUT2D eigenvalue weighted by Gasteiger charge is 2.39. The Bertz CT molecular complexity index is 1240. The summed E-state index contributed by atoms with van der Waals surface area (Å²) in [6.45, 7) is 1.45. The molecule has 7 nitrogen and oxygen atoms in total. The maximum Gasteiger partial charge on any atom is 0.337 e. The number of hydrogen-bond donors (Lipinski definition) is 1. The van der Waals surface area contributed by atoms with Crippen LogP contribution in [0.25, 0.3) is 6.08 Å². The Hall–Kier alpha value is -4.15. The second kappa shape index (κ2) is 12.4. The molecule has 8 heteroatoms. The number of nitriles is 1. The molecule has 2 aromatic rings. The zero-order valence-electron chi connectivity index (χ0n) is 19.0. The molecule has 0 saturated carbocycles. The Labute approximate surface area is 208 Å². The van der Waals surface area contributed by atoms with Gasteiger partial charge in [-0.1, -0.05) is 60.1 Å². The number of nitrogens with zero attached hydrogens (tertiary/aromatic N) is 1. The van der Waals surface area contributed by atoms with Crippen LogP contribution in [0.1, 0.15) is 30.4 Å². The normalized spacial score (nSPS) is 15.4. The van der Waals surface area contributed by atoms with Crippen molar-refractivity contribution in [1.82, 2.24) is 5.32 Å². The van der Waals surface area contributed by atoms with Crippen molar-refractivity contribution < 1.29 is 23.9 Å². The Morgan fingerprint density at radius 3 is 2.51 bits per heavy atom. The van der Waals surface area contributed by atoms with E-state index >= 15 is 0 Å². The smallest absolute Gasteiger partial charge is 0.337 e. The van der Waals surface area contributed by atoms with E-state index in [1.807, 2.05) is 36.4 Å². The molecule has 35 heavy (non-hydrogen) atoms. The summed E-state index contributed by atoms with van der Waals surface area (Å²) in [5.74, 6) is -2.44. The van der Waals surface area contributed by atoms with Crippen molar-refractivity contribution in [3.63, 3.8) is 0 Å². The number of nitrogens with one attached hydrogen (secondary N) is 1. The highest BCUT2D eigenvalue weighted by molar-refractivity contribution is 6.30. The van der Waals surface area contributed by atoms with Gasteiger partial charge in [-0.3, -0.25) is 4.79 Å². The third-order valence-corrected chi connectivity index (χ3v) is 5.44. The number of benzene rings is 2. The average Bonchev–Trinajstić information content (AvgIpc) is 2.86. The minimum absolute atomic E-state index is 0.0157. The summed E-state index contributed by atoms with van der Waals surface area (Å²) >= 11 is 6.19. The Morgan fingerprint density at radius 2 is 1.83 bits per heavy atom. The average molecular weight is 491 g/mol. The molecule has 0 radical (unpaired) electrons. The van der Waals surface area contributed by atoms with Crippen LogP contribution < -0.4 is 5.32 Å². The number of carbonyl (C=O) groups excluding carboxylic acids is 3. The van der Waals surface area contributed by atoms with Gasteiger partial charge in [0, 0.05) is 10.7 Å². The van der Waals surface area contributed by atoms with Crippen molar-refractivity contribution in [2.24, 2.45) is 0 Å². The second-order valence-corrected chi connectivity index (χ2v) is 7.99. The van der Waals surface area contributed by atoms with Gasteiger partial charge in [0.25, 0.3) is 0 Å². The molecule has 0 aromatic heterocycles. The van der Waals surface area contributed by atoms with E-state index in [-0.39, 0.29) is 36.5 Å². The lowest BCUT2D eigenvalue weighted by atomic mass is 9.80. The summed E-state index contributed by atoms with van der Waals surface area (Å²) in [4.78, 5) is 38.1. The number of dihydropyridines is 1. The molecule has 0 bridgehead atoms. The highest BCUT2D eigenvalue weighted by atomic mass is 35.5. The fourth-order valence-electron chi connectivity index (χ4n) is 3.68. The molecular weight excluding hydrogens is 468 g/mol. The third kappa shape index (κ3) is 6.46. The summed E-state index contributed by atoms with van der Waals surface area (Å²) in [7, 11) is 0. The zero-order valence-corrected chi connectivity index (χ0v) is 19.7. The van der Waals surface area contributed by atoms with E-state index in [4.69, 9.17) is 26.3 Å². The first-order chi connectivity index (χ1) is 17.0. The lowest BCUT2D eigenvalue weighted by Gasteiger charge is -2.30. The van der Waals surface area contributed by atoms with Crippen LogP contribution in [0, 0.1) is 11.3 Å². The third-order valence-electron chi connectivity index (χ3n) is 5.20. The quantitative estimate of drug-likeness (QED) is 0.314. The monoisotopic (exact) mass is 490 g/mol. The van der Waals surface area contributed by atoms with E-state index < -0.39 is 17.9 Å². The molecule has 3 rings (SSSR count). The van der Waals surface area contributed by atoms with Crippen LogP contribution in [0.5, 0.6) is 0 Å². The molecule has 0 spiro atoms. The largest absolute Gasteiger partial charge is 0.461 e. The van der Waals surface area contributed by atoms with E-state index in [0.717, 1.165) is 5.56 Å². The second-order valence-electron chi connectivity index (χ2n) is 7.55. The van der Waals surface area contributed by atoms with Crippen LogP contribution in [-0.2, 0) is 23.9 Å². The van der Waals surface area contributed by atoms with E-state index in [1.165, 1.54) is 0 Å². The van der Waals surface area contributed by atoms with E-state index in [2.05, 4.69) is 5.32 Å². The standard InChI is InChI=1S/C27H23ClN2O5/c1-18-23(26(32)35-15-7-13-29)24(20-11-5-12-21(28)16-20)25(22(17-31)30-18)27(33)34-14-6-10-19-8-3-2-4-9-19/h2-6,8-12,16-17,24,30H,7,14-15H2,1H3. The number of aldehydes is 1. The van der Waals surface area contributed by atoms with Crippen LogP contribution in [0.15, 0.2) is 83.2 Å². The summed E-state index contributed by atoms with van der Waals surface area (Å²) < 4.78 is 10.7. The minimum atomic E-state index is -0.963. The molecule has 0 fully saturated rings. The summed E-state index contributed by atoms with van der Waals surface area (Å²) in [5, 5.41) is 12.0. The van der Waals surface area contributed by atoms with Crippen molar-refractivity contribution in [3.8, 4) is 6.07 Å². The van der Waals surface area contributed by atoms with E-state index in [9.17, 15) is 14.4 Å². The van der Waals surface area contributed by atoms with Crippen molar-refractivity contribution in [1.29, 1.82) is 5.26 Å². The lowest BCUT2D eigenvalue weighted by molar-refractivity contribution is -0.139. The first-order valence-electron chi connectivity index (χ1n) is 10.8. The highest BCUT2D eigenvalue weighted by Crippen LogP contribution is 2.39. The predicted molar refractivity (Wildman–Crippen MR) is 131 cm³/mol. The van der Waals surface area contributed by atoms with Gasteiger partial charge in [0.15, 0.2) is 6.29 Å². The SMILES string of the molecule is CC1=C(C(=O)OCCC#N)C(c2cccc(Cl)c2)C(C(=O)OCC=Cc2ccccc2)=C(C=O)N1. The van der Waals surface area contributed by atoms with Crippen molar-refractivity contribution >= 4 is 35.9 Å². The zero-order chi connectivity index (χ0) is 25.2. The number of esters is 2. The molecular formula is C27H23ClN2O5. The fourth-order valence-corrected chi connectivity index (χ4v) is 3.88. The molecule has 178 valence electrons. The molecule has 0 aliphatic carbocycles. The number of hydrogen-bond acceptors (Lipinski definition) is 7. The molecule has 1 aliphatic heterocycles. The van der Waals surface area contributed by atoms with Gasteiger partial charge in [-0.05, 0) is 36.3 Å². The van der Waals surface area contributed by atoms with Gasteiger partial charge >= 0.3 is 11.9 Å². The number of allylic oxidation sites excluding steroid dienone is 2. The van der Waals surface area contributed by atoms with Gasteiger partial charge in [0.2, 0.25) is 0 Å². The van der Waals surface area contributed by atoms with Gasteiger partial charge in [-0.15, -0.1) is 0 Å². The predicted octanol–water partition coefficient (Wildman–Crippen LogP) is 4.47. The van der Waals surface area contributed by atoms with Gasteiger partial charge in [-0.2, -0.15) is 5.26 Å². The Morgan fingerprint density at radius 1 is 1.09 bits per heavy atom. The maximum absolute atomic E-state index is 13.2. The van der Waals surface area contributed by atoms with Crippen LogP contribution in [-0.4, -0.2) is 31.4 Å². The van der Waals surface area contributed by atoms with E-state index in [0.29, 0.717) is 22.6 Å².